The fourth-order valence-corrected chi connectivity index (χ4v) is 4.30. The minimum atomic E-state index is -3.60. The molecular formula is C13H15FN4O2S. The van der Waals surface area contributed by atoms with Crippen LogP contribution in [0.3, 0.4) is 0 Å². The van der Waals surface area contributed by atoms with Crippen molar-refractivity contribution in [3.8, 4) is 0 Å². The van der Waals surface area contributed by atoms with Crippen molar-refractivity contribution < 1.29 is 12.8 Å². The van der Waals surface area contributed by atoms with Crippen molar-refractivity contribution >= 4 is 10.0 Å². The van der Waals surface area contributed by atoms with Crippen molar-refractivity contribution in [3.63, 3.8) is 0 Å². The molecule has 6 nitrogen and oxygen atoms in total. The molecule has 1 aliphatic heterocycles. The molecule has 2 heterocycles. The van der Waals surface area contributed by atoms with E-state index in [-0.39, 0.29) is 10.9 Å². The Hall–Kier alpha value is -1.80. The monoisotopic (exact) mass is 310 g/mol. The van der Waals surface area contributed by atoms with Gasteiger partial charge in [0.15, 0.2) is 0 Å². The highest BCUT2D eigenvalue weighted by molar-refractivity contribution is 7.89. The first-order valence-electron chi connectivity index (χ1n) is 6.60. The van der Waals surface area contributed by atoms with Crippen LogP contribution in [0.15, 0.2) is 35.5 Å². The summed E-state index contributed by atoms with van der Waals surface area (Å²) in [7, 11) is -3.60. The number of aryl methyl sites for hydroxylation is 1. The van der Waals surface area contributed by atoms with Gasteiger partial charge >= 0.3 is 0 Å². The second kappa shape index (κ2) is 5.19. The zero-order chi connectivity index (χ0) is 15.0. The largest absolute Gasteiger partial charge is 0.248 e. The highest BCUT2D eigenvalue weighted by Gasteiger charge is 2.34. The van der Waals surface area contributed by atoms with Crippen molar-refractivity contribution in [2.24, 2.45) is 0 Å². The second-order valence-corrected chi connectivity index (χ2v) is 7.00. The summed E-state index contributed by atoms with van der Waals surface area (Å²) in [5, 5.41) is 7.65. The molecule has 1 fully saturated rings. The Bertz CT molecular complexity index is 746. The minimum Gasteiger partial charge on any atom is -0.248 e. The van der Waals surface area contributed by atoms with Crippen LogP contribution in [0.1, 0.15) is 18.0 Å². The molecule has 8 heteroatoms. The van der Waals surface area contributed by atoms with Gasteiger partial charge in [-0.15, -0.1) is 5.10 Å². The number of rotatable bonds is 3. The fraction of sp³-hybridized carbons (Fsp3) is 0.385. The van der Waals surface area contributed by atoms with Crippen molar-refractivity contribution in [2.45, 2.75) is 24.3 Å². The van der Waals surface area contributed by atoms with E-state index in [1.54, 1.807) is 24.0 Å². The lowest BCUT2D eigenvalue weighted by molar-refractivity contribution is 0.428. The lowest BCUT2D eigenvalue weighted by Crippen LogP contribution is -2.30. The van der Waals surface area contributed by atoms with Gasteiger partial charge in [-0.3, -0.25) is 0 Å². The molecule has 0 bridgehead atoms. The molecule has 0 aliphatic carbocycles. The predicted molar refractivity (Wildman–Crippen MR) is 73.6 cm³/mol. The molecule has 1 aromatic heterocycles. The Labute approximate surface area is 122 Å². The summed E-state index contributed by atoms with van der Waals surface area (Å²) in [4.78, 5) is 0.156. The Balaban J connectivity index is 1.86. The van der Waals surface area contributed by atoms with Gasteiger partial charge in [0.25, 0.3) is 0 Å². The summed E-state index contributed by atoms with van der Waals surface area (Å²) in [5.41, 5.74) is 0.416. The van der Waals surface area contributed by atoms with E-state index < -0.39 is 15.8 Å². The average Bonchev–Trinajstić information content (AvgIpc) is 3.09. The maximum Gasteiger partial charge on any atom is 0.243 e. The molecule has 1 unspecified atom stereocenters. The Morgan fingerprint density at radius 3 is 2.86 bits per heavy atom. The van der Waals surface area contributed by atoms with Crippen LogP contribution in [0.25, 0.3) is 0 Å². The summed E-state index contributed by atoms with van der Waals surface area (Å²) in [6.45, 7) is 2.37. The summed E-state index contributed by atoms with van der Waals surface area (Å²) < 4.78 is 41.5. The van der Waals surface area contributed by atoms with E-state index in [0.717, 1.165) is 0 Å². The first-order chi connectivity index (χ1) is 9.98. The molecule has 0 N–H and O–H groups in total. The molecule has 2 aromatic rings. The summed E-state index contributed by atoms with van der Waals surface area (Å²) in [6.07, 6.45) is 3.98. The summed E-state index contributed by atoms with van der Waals surface area (Å²) >= 11 is 0. The lowest BCUT2D eigenvalue weighted by atomic mass is 10.2. The first kappa shape index (κ1) is 14.2. The van der Waals surface area contributed by atoms with Crippen LogP contribution in [0.5, 0.6) is 0 Å². The third-order valence-corrected chi connectivity index (χ3v) is 5.72. The van der Waals surface area contributed by atoms with Crippen LogP contribution in [0, 0.1) is 12.7 Å². The highest BCUT2D eigenvalue weighted by Crippen LogP contribution is 2.28. The van der Waals surface area contributed by atoms with Crippen molar-refractivity contribution in [1.82, 2.24) is 19.3 Å². The lowest BCUT2D eigenvalue weighted by Gasteiger charge is -2.18. The standard InChI is InChI=1S/C13H15FN4O2S/c1-10-8-11(14)2-3-13(10)21(19,20)17-6-4-12(9-17)18-7-5-15-16-18/h2-3,5,7-8,12H,4,6,9H2,1H3. The fourth-order valence-electron chi connectivity index (χ4n) is 2.60. The van der Waals surface area contributed by atoms with Crippen LogP contribution in [-0.4, -0.2) is 40.8 Å². The van der Waals surface area contributed by atoms with Crippen LogP contribution >= 0.6 is 0 Å². The molecule has 0 saturated carbocycles. The number of sulfonamides is 1. The van der Waals surface area contributed by atoms with Crippen molar-refractivity contribution in [1.29, 1.82) is 0 Å². The number of halogens is 1. The quantitative estimate of drug-likeness (QED) is 0.858. The molecule has 1 aliphatic rings. The van der Waals surface area contributed by atoms with Crippen molar-refractivity contribution in [3.05, 3.63) is 42.0 Å². The SMILES string of the molecule is Cc1cc(F)ccc1S(=O)(=O)N1CCC(n2ccnn2)C1. The van der Waals surface area contributed by atoms with Gasteiger partial charge in [-0.2, -0.15) is 4.31 Å². The summed E-state index contributed by atoms with van der Waals surface area (Å²) in [6, 6.07) is 3.72. The van der Waals surface area contributed by atoms with E-state index in [0.29, 0.717) is 25.1 Å². The van der Waals surface area contributed by atoms with Gasteiger partial charge in [0, 0.05) is 19.3 Å². The van der Waals surface area contributed by atoms with Gasteiger partial charge in [0.2, 0.25) is 10.0 Å². The van der Waals surface area contributed by atoms with Crippen LogP contribution in [0.2, 0.25) is 0 Å². The van der Waals surface area contributed by atoms with Crippen molar-refractivity contribution in [2.75, 3.05) is 13.1 Å². The number of aromatic nitrogens is 3. The third-order valence-electron chi connectivity index (χ3n) is 3.70. The average molecular weight is 310 g/mol. The smallest absolute Gasteiger partial charge is 0.243 e. The van der Waals surface area contributed by atoms with E-state index in [1.165, 1.54) is 22.5 Å². The summed E-state index contributed by atoms with van der Waals surface area (Å²) in [5.74, 6) is -0.437. The molecule has 0 spiro atoms. The molecule has 1 atom stereocenters. The minimum absolute atomic E-state index is 0.0111. The third kappa shape index (κ3) is 2.56. The topological polar surface area (TPSA) is 68.1 Å². The van der Waals surface area contributed by atoms with Gasteiger partial charge in [-0.05, 0) is 37.1 Å². The van der Waals surface area contributed by atoms with E-state index in [2.05, 4.69) is 10.3 Å². The van der Waals surface area contributed by atoms with Crippen LogP contribution < -0.4 is 0 Å². The number of nitrogens with zero attached hydrogens (tertiary/aromatic N) is 4. The molecule has 112 valence electrons. The van der Waals surface area contributed by atoms with E-state index in [4.69, 9.17) is 0 Å². The Kier molecular flexibility index (Phi) is 3.50. The highest BCUT2D eigenvalue weighted by atomic mass is 32.2. The zero-order valence-corrected chi connectivity index (χ0v) is 12.3. The molecular weight excluding hydrogens is 295 g/mol. The number of benzene rings is 1. The van der Waals surface area contributed by atoms with E-state index in [9.17, 15) is 12.8 Å². The molecule has 1 aromatic carbocycles. The number of hydrogen-bond donors (Lipinski definition) is 0. The molecule has 1 saturated heterocycles. The normalized spacial score (nSPS) is 20.0. The molecule has 21 heavy (non-hydrogen) atoms. The number of hydrogen-bond acceptors (Lipinski definition) is 4. The second-order valence-electron chi connectivity index (χ2n) is 5.10. The van der Waals surface area contributed by atoms with Crippen LogP contribution in [0.4, 0.5) is 4.39 Å². The van der Waals surface area contributed by atoms with Crippen LogP contribution in [-0.2, 0) is 10.0 Å². The van der Waals surface area contributed by atoms with Gasteiger partial charge in [-0.25, -0.2) is 17.5 Å². The maximum atomic E-state index is 13.1. The van der Waals surface area contributed by atoms with Gasteiger partial charge in [-0.1, -0.05) is 5.21 Å². The zero-order valence-electron chi connectivity index (χ0n) is 11.5. The molecule has 0 radical (unpaired) electrons. The predicted octanol–water partition coefficient (Wildman–Crippen LogP) is 1.36. The van der Waals surface area contributed by atoms with E-state index in [1.807, 2.05) is 0 Å². The first-order valence-corrected chi connectivity index (χ1v) is 8.04. The molecule has 3 rings (SSSR count). The van der Waals surface area contributed by atoms with Gasteiger partial charge in [0.05, 0.1) is 17.1 Å². The molecule has 0 amide bonds. The van der Waals surface area contributed by atoms with Gasteiger partial charge in [0.1, 0.15) is 5.82 Å². The Morgan fingerprint density at radius 1 is 1.38 bits per heavy atom. The van der Waals surface area contributed by atoms with E-state index >= 15 is 0 Å². The Morgan fingerprint density at radius 2 is 2.19 bits per heavy atom. The van der Waals surface area contributed by atoms with Gasteiger partial charge < -0.3 is 0 Å². The maximum absolute atomic E-state index is 13.1.